The fraction of sp³-hybridized carbons (Fsp3) is 0.438. The van der Waals surface area contributed by atoms with E-state index in [0.29, 0.717) is 16.6 Å². The van der Waals surface area contributed by atoms with E-state index < -0.39 is 0 Å². The van der Waals surface area contributed by atoms with Crippen molar-refractivity contribution in [3.8, 4) is 10.6 Å². The molecule has 1 aliphatic rings. The van der Waals surface area contributed by atoms with Crippen LogP contribution in [0.2, 0.25) is 5.02 Å². The summed E-state index contributed by atoms with van der Waals surface area (Å²) in [5.74, 6) is -0.261. The molecule has 2 aromatic rings. The first-order valence-corrected chi connectivity index (χ1v) is 8.57. The topological polar surface area (TPSA) is 24.9 Å². The number of aryl methyl sites for hydroxylation is 1. The molecular formula is C16H18ClFN2S. The molecule has 5 heteroatoms. The van der Waals surface area contributed by atoms with Crippen LogP contribution < -0.4 is 5.32 Å². The number of halogens is 2. The van der Waals surface area contributed by atoms with Crippen molar-refractivity contribution in [1.82, 2.24) is 10.3 Å². The van der Waals surface area contributed by atoms with Gasteiger partial charge in [-0.15, -0.1) is 11.3 Å². The molecule has 0 bridgehead atoms. The molecule has 0 radical (unpaired) electrons. The summed E-state index contributed by atoms with van der Waals surface area (Å²) in [7, 11) is 0. The molecule has 1 aromatic heterocycles. The molecule has 1 atom stereocenters. The summed E-state index contributed by atoms with van der Waals surface area (Å²) in [5, 5.41) is 4.85. The van der Waals surface area contributed by atoms with E-state index in [0.717, 1.165) is 42.9 Å². The van der Waals surface area contributed by atoms with Gasteiger partial charge in [0.15, 0.2) is 0 Å². The Bertz CT molecular complexity index is 641. The molecule has 112 valence electrons. The zero-order valence-corrected chi connectivity index (χ0v) is 13.5. The SMILES string of the molecule is CCCNC1CCCc2nc(-c3cc(Cl)ccc3F)sc21. The molecule has 2 nitrogen and oxygen atoms in total. The van der Waals surface area contributed by atoms with Gasteiger partial charge in [0, 0.05) is 21.5 Å². The Morgan fingerprint density at radius 1 is 1.48 bits per heavy atom. The fourth-order valence-corrected chi connectivity index (χ4v) is 4.12. The lowest BCUT2D eigenvalue weighted by Crippen LogP contribution is -2.24. The highest BCUT2D eigenvalue weighted by Gasteiger charge is 2.25. The Kier molecular flexibility index (Phi) is 4.57. The second kappa shape index (κ2) is 6.42. The number of rotatable bonds is 4. The fourth-order valence-electron chi connectivity index (χ4n) is 2.71. The van der Waals surface area contributed by atoms with Gasteiger partial charge in [0.05, 0.1) is 5.69 Å². The van der Waals surface area contributed by atoms with Gasteiger partial charge in [-0.2, -0.15) is 0 Å². The van der Waals surface area contributed by atoms with Gasteiger partial charge in [-0.25, -0.2) is 9.37 Å². The van der Waals surface area contributed by atoms with E-state index in [1.165, 1.54) is 10.9 Å². The van der Waals surface area contributed by atoms with Crippen LogP contribution >= 0.6 is 22.9 Å². The van der Waals surface area contributed by atoms with Crippen molar-refractivity contribution in [2.45, 2.75) is 38.6 Å². The Labute approximate surface area is 133 Å². The van der Waals surface area contributed by atoms with Crippen molar-refractivity contribution < 1.29 is 4.39 Å². The average molecular weight is 325 g/mol. The number of aromatic nitrogens is 1. The van der Waals surface area contributed by atoms with Crippen molar-refractivity contribution in [2.24, 2.45) is 0 Å². The lowest BCUT2D eigenvalue weighted by molar-refractivity contribution is 0.465. The number of nitrogens with one attached hydrogen (secondary N) is 1. The maximum Gasteiger partial charge on any atom is 0.133 e. The highest BCUT2D eigenvalue weighted by Crippen LogP contribution is 2.39. The average Bonchev–Trinajstić information content (AvgIpc) is 2.92. The molecule has 0 fully saturated rings. The summed E-state index contributed by atoms with van der Waals surface area (Å²) in [5.41, 5.74) is 1.63. The van der Waals surface area contributed by atoms with E-state index in [9.17, 15) is 4.39 Å². The van der Waals surface area contributed by atoms with Crippen LogP contribution in [0.15, 0.2) is 18.2 Å². The van der Waals surface area contributed by atoms with E-state index in [4.69, 9.17) is 11.6 Å². The van der Waals surface area contributed by atoms with Gasteiger partial charge >= 0.3 is 0 Å². The molecule has 0 saturated heterocycles. The van der Waals surface area contributed by atoms with Gasteiger partial charge < -0.3 is 5.32 Å². The van der Waals surface area contributed by atoms with Crippen LogP contribution in [-0.2, 0) is 6.42 Å². The highest BCUT2D eigenvalue weighted by atomic mass is 35.5. The Morgan fingerprint density at radius 2 is 2.33 bits per heavy atom. The van der Waals surface area contributed by atoms with Crippen LogP contribution in [0, 0.1) is 5.82 Å². The number of hydrogen-bond acceptors (Lipinski definition) is 3. The van der Waals surface area contributed by atoms with Crippen molar-refractivity contribution in [3.63, 3.8) is 0 Å². The molecule has 0 amide bonds. The van der Waals surface area contributed by atoms with E-state index in [-0.39, 0.29) is 5.82 Å². The molecule has 1 aliphatic carbocycles. The van der Waals surface area contributed by atoms with E-state index in [1.807, 2.05) is 0 Å². The molecule has 0 saturated carbocycles. The molecular weight excluding hydrogens is 307 g/mol. The third-order valence-electron chi connectivity index (χ3n) is 3.75. The first-order chi connectivity index (χ1) is 10.2. The Morgan fingerprint density at radius 3 is 3.14 bits per heavy atom. The summed E-state index contributed by atoms with van der Waals surface area (Å²) in [6, 6.07) is 5.00. The van der Waals surface area contributed by atoms with Gasteiger partial charge in [-0.3, -0.25) is 0 Å². The third-order valence-corrected chi connectivity index (χ3v) is 5.23. The predicted molar refractivity (Wildman–Crippen MR) is 86.5 cm³/mol. The molecule has 3 rings (SSSR count). The van der Waals surface area contributed by atoms with Crippen molar-refractivity contribution in [1.29, 1.82) is 0 Å². The van der Waals surface area contributed by atoms with Crippen molar-refractivity contribution in [3.05, 3.63) is 39.6 Å². The van der Waals surface area contributed by atoms with Crippen molar-refractivity contribution >= 4 is 22.9 Å². The lowest BCUT2D eigenvalue weighted by atomic mass is 9.98. The second-order valence-corrected chi connectivity index (χ2v) is 6.82. The molecule has 1 heterocycles. The summed E-state index contributed by atoms with van der Waals surface area (Å²) >= 11 is 7.59. The molecule has 0 aliphatic heterocycles. The summed E-state index contributed by atoms with van der Waals surface area (Å²) < 4.78 is 14.0. The second-order valence-electron chi connectivity index (χ2n) is 5.35. The third kappa shape index (κ3) is 3.12. The minimum absolute atomic E-state index is 0.261. The van der Waals surface area contributed by atoms with Crippen LogP contribution in [0.3, 0.4) is 0 Å². The standard InChI is InChI=1S/C16H18ClFN2S/c1-2-8-19-13-4-3-5-14-15(13)21-16(20-14)11-9-10(17)6-7-12(11)18/h6-7,9,13,19H,2-5,8H2,1H3. The maximum absolute atomic E-state index is 14.0. The lowest BCUT2D eigenvalue weighted by Gasteiger charge is -2.22. The zero-order chi connectivity index (χ0) is 14.8. The van der Waals surface area contributed by atoms with Gasteiger partial charge in [-0.1, -0.05) is 18.5 Å². The smallest absolute Gasteiger partial charge is 0.133 e. The van der Waals surface area contributed by atoms with Crippen LogP contribution in [0.5, 0.6) is 0 Å². The number of thiazole rings is 1. The molecule has 1 aromatic carbocycles. The molecule has 1 N–H and O–H groups in total. The van der Waals surface area contributed by atoms with E-state index >= 15 is 0 Å². The number of hydrogen-bond donors (Lipinski definition) is 1. The quantitative estimate of drug-likeness (QED) is 0.858. The minimum atomic E-state index is -0.261. The maximum atomic E-state index is 14.0. The van der Waals surface area contributed by atoms with E-state index in [1.54, 1.807) is 23.5 Å². The van der Waals surface area contributed by atoms with E-state index in [2.05, 4.69) is 17.2 Å². The molecule has 1 unspecified atom stereocenters. The van der Waals surface area contributed by atoms with Crippen molar-refractivity contribution in [2.75, 3.05) is 6.54 Å². The minimum Gasteiger partial charge on any atom is -0.309 e. The normalized spacial score (nSPS) is 17.8. The zero-order valence-electron chi connectivity index (χ0n) is 12.0. The monoisotopic (exact) mass is 324 g/mol. The van der Waals surface area contributed by atoms with Gasteiger partial charge in [0.2, 0.25) is 0 Å². The van der Waals surface area contributed by atoms with Gasteiger partial charge in [-0.05, 0) is 50.4 Å². The van der Waals surface area contributed by atoms with Crippen LogP contribution in [0.1, 0.15) is 42.8 Å². The Balaban J connectivity index is 1.96. The first-order valence-electron chi connectivity index (χ1n) is 7.37. The first kappa shape index (κ1) is 14.9. The highest BCUT2D eigenvalue weighted by molar-refractivity contribution is 7.15. The summed E-state index contributed by atoms with van der Waals surface area (Å²) in [6.07, 6.45) is 4.36. The molecule has 21 heavy (non-hydrogen) atoms. The number of nitrogens with zero attached hydrogens (tertiary/aromatic N) is 1. The predicted octanol–water partition coefficient (Wildman–Crippen LogP) is 4.98. The van der Waals surface area contributed by atoms with Crippen LogP contribution in [0.4, 0.5) is 4.39 Å². The number of fused-ring (bicyclic) bond motifs is 1. The van der Waals surface area contributed by atoms with Gasteiger partial charge in [0.1, 0.15) is 10.8 Å². The largest absolute Gasteiger partial charge is 0.309 e. The molecule has 0 spiro atoms. The summed E-state index contributed by atoms with van der Waals surface area (Å²) in [6.45, 7) is 3.17. The van der Waals surface area contributed by atoms with Crippen LogP contribution in [0.25, 0.3) is 10.6 Å². The number of benzene rings is 1. The Hall–Kier alpha value is -0.970. The van der Waals surface area contributed by atoms with Crippen LogP contribution in [-0.4, -0.2) is 11.5 Å². The summed E-state index contributed by atoms with van der Waals surface area (Å²) in [4.78, 5) is 5.93. The van der Waals surface area contributed by atoms with Gasteiger partial charge in [0.25, 0.3) is 0 Å².